The molecule has 106 valence electrons. The second kappa shape index (κ2) is 5.11. The third-order valence-electron chi connectivity index (χ3n) is 4.06. The standard InChI is InChI=1S/C14H16N2O4/c1-2-8-6-9(10(7-8)14(17)18)13-15-12(16-20-13)11-4-3-5-19-11/h3-5,8-10H,2,6-7H2,1H3,(H,17,18). The summed E-state index contributed by atoms with van der Waals surface area (Å²) < 4.78 is 10.5. The number of aliphatic carboxylic acids is 1. The first kappa shape index (κ1) is 12.9. The SMILES string of the molecule is CCC1CC(C(=O)O)C(c2nc(-c3ccco3)no2)C1. The molecule has 1 aliphatic rings. The molecule has 6 heteroatoms. The molecule has 0 amide bonds. The summed E-state index contributed by atoms with van der Waals surface area (Å²) in [7, 11) is 0. The van der Waals surface area contributed by atoms with Crippen molar-refractivity contribution in [3.8, 4) is 11.6 Å². The zero-order valence-electron chi connectivity index (χ0n) is 11.2. The number of carboxylic acid groups (broad SMARTS) is 1. The second-order valence-electron chi connectivity index (χ2n) is 5.23. The maximum Gasteiger partial charge on any atom is 0.307 e. The molecule has 1 aliphatic carbocycles. The van der Waals surface area contributed by atoms with Gasteiger partial charge in [-0.05, 0) is 30.9 Å². The Morgan fingerprint density at radius 3 is 3.00 bits per heavy atom. The van der Waals surface area contributed by atoms with Gasteiger partial charge in [0.1, 0.15) is 0 Å². The Morgan fingerprint density at radius 2 is 2.35 bits per heavy atom. The van der Waals surface area contributed by atoms with Gasteiger partial charge in [-0.3, -0.25) is 4.79 Å². The molecule has 0 aliphatic heterocycles. The number of carbonyl (C=O) groups is 1. The Morgan fingerprint density at radius 1 is 1.50 bits per heavy atom. The van der Waals surface area contributed by atoms with Gasteiger partial charge < -0.3 is 14.0 Å². The van der Waals surface area contributed by atoms with Crippen molar-refractivity contribution in [2.45, 2.75) is 32.1 Å². The molecule has 1 fully saturated rings. The van der Waals surface area contributed by atoms with Gasteiger partial charge in [0.15, 0.2) is 5.76 Å². The minimum atomic E-state index is -0.788. The van der Waals surface area contributed by atoms with Gasteiger partial charge in [0.25, 0.3) is 0 Å². The molecule has 3 atom stereocenters. The summed E-state index contributed by atoms with van der Waals surface area (Å²) >= 11 is 0. The molecular weight excluding hydrogens is 260 g/mol. The van der Waals surface area contributed by atoms with E-state index in [9.17, 15) is 9.90 Å². The van der Waals surface area contributed by atoms with Crippen LogP contribution in [0.4, 0.5) is 0 Å². The normalized spacial score (nSPS) is 25.9. The zero-order chi connectivity index (χ0) is 14.1. The molecule has 20 heavy (non-hydrogen) atoms. The lowest BCUT2D eigenvalue weighted by Gasteiger charge is -2.09. The maximum atomic E-state index is 11.4. The number of carboxylic acids is 1. The lowest BCUT2D eigenvalue weighted by Crippen LogP contribution is -2.17. The van der Waals surface area contributed by atoms with E-state index >= 15 is 0 Å². The summed E-state index contributed by atoms with van der Waals surface area (Å²) in [6, 6.07) is 3.49. The van der Waals surface area contributed by atoms with E-state index in [4.69, 9.17) is 8.94 Å². The Labute approximate surface area is 115 Å². The molecule has 2 aromatic rings. The van der Waals surface area contributed by atoms with Crippen LogP contribution in [0.3, 0.4) is 0 Å². The third kappa shape index (κ3) is 2.21. The molecular formula is C14H16N2O4. The quantitative estimate of drug-likeness (QED) is 0.923. The van der Waals surface area contributed by atoms with Crippen LogP contribution in [0, 0.1) is 11.8 Å². The molecule has 1 N–H and O–H groups in total. The number of hydrogen-bond acceptors (Lipinski definition) is 5. The molecule has 3 rings (SSSR count). The first-order valence-corrected chi connectivity index (χ1v) is 6.79. The molecule has 0 saturated heterocycles. The first-order valence-electron chi connectivity index (χ1n) is 6.79. The lowest BCUT2D eigenvalue weighted by atomic mass is 9.96. The van der Waals surface area contributed by atoms with E-state index in [-0.39, 0.29) is 5.92 Å². The highest BCUT2D eigenvalue weighted by molar-refractivity contribution is 5.71. The third-order valence-corrected chi connectivity index (χ3v) is 4.06. The predicted molar refractivity (Wildman–Crippen MR) is 68.9 cm³/mol. The van der Waals surface area contributed by atoms with Crippen molar-refractivity contribution in [3.05, 3.63) is 24.3 Å². The minimum absolute atomic E-state index is 0.200. The fourth-order valence-corrected chi connectivity index (χ4v) is 2.91. The van der Waals surface area contributed by atoms with Crippen molar-refractivity contribution in [1.29, 1.82) is 0 Å². The van der Waals surface area contributed by atoms with Crippen LogP contribution in [0.1, 0.15) is 38.0 Å². The predicted octanol–water partition coefficient (Wildman–Crippen LogP) is 2.93. The van der Waals surface area contributed by atoms with E-state index < -0.39 is 11.9 Å². The topological polar surface area (TPSA) is 89.4 Å². The van der Waals surface area contributed by atoms with Crippen LogP contribution in [0.15, 0.2) is 27.3 Å². The number of hydrogen-bond donors (Lipinski definition) is 1. The van der Waals surface area contributed by atoms with Gasteiger partial charge in [-0.2, -0.15) is 4.98 Å². The van der Waals surface area contributed by atoms with Gasteiger partial charge >= 0.3 is 5.97 Å². The monoisotopic (exact) mass is 276 g/mol. The first-order chi connectivity index (χ1) is 9.69. The van der Waals surface area contributed by atoms with E-state index in [1.165, 1.54) is 6.26 Å². The zero-order valence-corrected chi connectivity index (χ0v) is 11.2. The van der Waals surface area contributed by atoms with Crippen LogP contribution >= 0.6 is 0 Å². The number of rotatable bonds is 4. The summed E-state index contributed by atoms with van der Waals surface area (Å²) in [5, 5.41) is 13.2. The van der Waals surface area contributed by atoms with Crippen LogP contribution in [0.25, 0.3) is 11.6 Å². The molecule has 6 nitrogen and oxygen atoms in total. The molecule has 2 heterocycles. The highest BCUT2D eigenvalue weighted by Gasteiger charge is 2.42. The summed E-state index contributed by atoms with van der Waals surface area (Å²) in [6.07, 6.45) is 3.97. The summed E-state index contributed by atoms with van der Waals surface area (Å²) in [4.78, 5) is 15.7. The minimum Gasteiger partial charge on any atom is -0.481 e. The highest BCUT2D eigenvalue weighted by atomic mass is 16.5. The van der Waals surface area contributed by atoms with E-state index in [1.807, 2.05) is 0 Å². The van der Waals surface area contributed by atoms with Crippen molar-refractivity contribution in [3.63, 3.8) is 0 Å². The summed E-state index contributed by atoms with van der Waals surface area (Å²) in [5.41, 5.74) is 0. The van der Waals surface area contributed by atoms with Crippen molar-refractivity contribution in [1.82, 2.24) is 10.1 Å². The van der Waals surface area contributed by atoms with Gasteiger partial charge in [0.2, 0.25) is 11.7 Å². The van der Waals surface area contributed by atoms with E-state index in [2.05, 4.69) is 17.1 Å². The van der Waals surface area contributed by atoms with Gasteiger partial charge in [-0.1, -0.05) is 18.5 Å². The van der Waals surface area contributed by atoms with Crippen LogP contribution in [0.2, 0.25) is 0 Å². The molecule has 3 unspecified atom stereocenters. The van der Waals surface area contributed by atoms with Gasteiger partial charge in [0, 0.05) is 0 Å². The highest BCUT2D eigenvalue weighted by Crippen LogP contribution is 2.44. The Kier molecular flexibility index (Phi) is 3.30. The largest absolute Gasteiger partial charge is 0.481 e. The fourth-order valence-electron chi connectivity index (χ4n) is 2.91. The van der Waals surface area contributed by atoms with E-state index in [1.54, 1.807) is 12.1 Å². The molecule has 0 radical (unpaired) electrons. The smallest absolute Gasteiger partial charge is 0.307 e. The summed E-state index contributed by atoms with van der Waals surface area (Å²) in [5.74, 6) is 0.271. The van der Waals surface area contributed by atoms with Crippen LogP contribution in [-0.4, -0.2) is 21.2 Å². The van der Waals surface area contributed by atoms with Crippen LogP contribution < -0.4 is 0 Å². The van der Waals surface area contributed by atoms with E-state index in [0.717, 1.165) is 12.8 Å². The van der Waals surface area contributed by atoms with Crippen LogP contribution in [0.5, 0.6) is 0 Å². The Hall–Kier alpha value is -2.11. The van der Waals surface area contributed by atoms with Crippen LogP contribution in [-0.2, 0) is 4.79 Å². The van der Waals surface area contributed by atoms with Gasteiger partial charge in [-0.15, -0.1) is 0 Å². The molecule has 0 aromatic carbocycles. The second-order valence-corrected chi connectivity index (χ2v) is 5.23. The van der Waals surface area contributed by atoms with Crippen molar-refractivity contribution < 1.29 is 18.8 Å². The summed E-state index contributed by atoms with van der Waals surface area (Å²) in [6.45, 7) is 2.08. The van der Waals surface area contributed by atoms with Crippen molar-refractivity contribution in [2.24, 2.45) is 11.8 Å². The Bertz CT molecular complexity index is 590. The fraction of sp³-hybridized carbons (Fsp3) is 0.500. The maximum absolute atomic E-state index is 11.4. The average molecular weight is 276 g/mol. The lowest BCUT2D eigenvalue weighted by molar-refractivity contribution is -0.142. The van der Waals surface area contributed by atoms with E-state index in [0.29, 0.717) is 29.8 Å². The Balaban J connectivity index is 1.86. The van der Waals surface area contributed by atoms with Crippen molar-refractivity contribution in [2.75, 3.05) is 0 Å². The van der Waals surface area contributed by atoms with Gasteiger partial charge in [-0.25, -0.2) is 0 Å². The van der Waals surface area contributed by atoms with Crippen molar-refractivity contribution >= 4 is 5.97 Å². The number of furan rings is 1. The average Bonchev–Trinajstić information content (AvgIpc) is 3.17. The van der Waals surface area contributed by atoms with Gasteiger partial charge in [0.05, 0.1) is 18.1 Å². The number of nitrogens with zero attached hydrogens (tertiary/aromatic N) is 2. The molecule has 0 spiro atoms. The number of aromatic nitrogens is 2. The molecule has 2 aromatic heterocycles. The molecule has 1 saturated carbocycles. The molecule has 0 bridgehead atoms.